The van der Waals surface area contributed by atoms with Crippen molar-refractivity contribution in [3.8, 4) is 0 Å². The van der Waals surface area contributed by atoms with Gasteiger partial charge in [0, 0.05) is 29.9 Å². The normalized spacial score (nSPS) is 12.6. The number of benzene rings is 4. The Hall–Kier alpha value is -5.44. The number of H-pyrrole nitrogens is 1. The molecule has 0 aliphatic heterocycles. The maximum absolute atomic E-state index is 14.1. The monoisotopic (exact) mass is 656 g/mol. The molecule has 9 heteroatoms. The van der Waals surface area contributed by atoms with Crippen LogP contribution in [0.1, 0.15) is 69.0 Å². The molecule has 252 valence electrons. The molecule has 1 atom stereocenters. The third-order valence-electron chi connectivity index (χ3n) is 8.64. The van der Waals surface area contributed by atoms with Crippen LogP contribution in [0.15, 0.2) is 103 Å². The molecule has 49 heavy (non-hydrogen) atoms. The van der Waals surface area contributed by atoms with Crippen LogP contribution in [0.5, 0.6) is 0 Å². The predicted molar refractivity (Wildman–Crippen MR) is 193 cm³/mol. The van der Waals surface area contributed by atoms with Gasteiger partial charge in [0.05, 0.1) is 12.6 Å². The lowest BCUT2D eigenvalue weighted by atomic mass is 10.00. The number of nitrogens with one attached hydrogen (secondary N) is 3. The molecule has 2 amide bonds. The zero-order chi connectivity index (χ0) is 34.6. The van der Waals surface area contributed by atoms with Crippen LogP contribution in [-0.4, -0.2) is 42.9 Å². The van der Waals surface area contributed by atoms with Gasteiger partial charge in [0.25, 0.3) is 0 Å². The third kappa shape index (κ3) is 8.00. The zero-order valence-corrected chi connectivity index (χ0v) is 28.8. The number of hydrogen-bond donors (Lipinski definition) is 3. The van der Waals surface area contributed by atoms with Crippen LogP contribution in [0.3, 0.4) is 0 Å². The molecule has 9 nitrogen and oxygen atoms in total. The van der Waals surface area contributed by atoms with Crippen molar-refractivity contribution in [3.05, 3.63) is 132 Å². The fraction of sp³-hybridized carbons (Fsp3) is 0.300. The van der Waals surface area contributed by atoms with Crippen molar-refractivity contribution in [1.82, 2.24) is 30.4 Å². The number of aromatic amines is 1. The summed E-state index contributed by atoms with van der Waals surface area (Å²) in [4.78, 5) is 30.2. The van der Waals surface area contributed by atoms with Crippen molar-refractivity contribution in [3.63, 3.8) is 0 Å². The zero-order valence-electron chi connectivity index (χ0n) is 28.8. The van der Waals surface area contributed by atoms with E-state index < -0.39 is 23.3 Å². The van der Waals surface area contributed by atoms with Crippen molar-refractivity contribution in [2.45, 2.75) is 77.6 Å². The van der Waals surface area contributed by atoms with E-state index in [2.05, 4.69) is 74.8 Å². The summed E-state index contributed by atoms with van der Waals surface area (Å²) in [6.45, 7) is 9.22. The van der Waals surface area contributed by atoms with Crippen molar-refractivity contribution in [2.75, 3.05) is 0 Å². The quantitative estimate of drug-likeness (QED) is 0.134. The number of carbonyl (C=O) groups excluding carboxylic acids is 2. The predicted octanol–water partition coefficient (Wildman–Crippen LogP) is 7.45. The number of aromatic nitrogens is 4. The third-order valence-corrected chi connectivity index (χ3v) is 8.64. The molecule has 0 aliphatic carbocycles. The molecule has 0 saturated carbocycles. The molecule has 2 aromatic heterocycles. The van der Waals surface area contributed by atoms with E-state index in [9.17, 15) is 9.59 Å². The van der Waals surface area contributed by atoms with Crippen molar-refractivity contribution >= 4 is 33.7 Å². The highest BCUT2D eigenvalue weighted by Gasteiger charge is 2.35. The Bertz CT molecular complexity index is 2070. The van der Waals surface area contributed by atoms with E-state index in [0.717, 1.165) is 45.0 Å². The second-order valence-corrected chi connectivity index (χ2v) is 14.0. The molecule has 0 aliphatic rings. The number of alkyl carbamates (subject to hydrolysis) is 1. The lowest BCUT2D eigenvalue weighted by molar-refractivity contribution is -0.127. The minimum absolute atomic E-state index is 0.367. The average molecular weight is 657 g/mol. The number of fused-ring (bicyclic) bond motifs is 2. The van der Waals surface area contributed by atoms with Crippen molar-refractivity contribution < 1.29 is 14.3 Å². The Kier molecular flexibility index (Phi) is 9.53. The number of nitrogens with zero attached hydrogens (tertiary/aromatic N) is 3. The number of para-hydroxylation sites is 1. The van der Waals surface area contributed by atoms with Crippen molar-refractivity contribution in [2.24, 2.45) is 0 Å². The maximum Gasteiger partial charge on any atom is 0.408 e. The standard InChI is InChI=1S/C40H44N6O3/c1-39(2,3)49-38(48)43-40(4,5)37(47)42-34(24-30-25-41-33-21-12-11-20-32(30)33)36-45-44-35(23-22-27-14-7-6-8-15-27)46(36)26-29-18-13-17-28-16-9-10-19-31(28)29/h6-21,25,34,41H,22-24,26H2,1-5H3,(H,42,47)(H,43,48)/t34-/m1/s1. The lowest BCUT2D eigenvalue weighted by Crippen LogP contribution is -2.56. The maximum atomic E-state index is 14.1. The van der Waals surface area contributed by atoms with Gasteiger partial charge in [-0.25, -0.2) is 4.79 Å². The van der Waals surface area contributed by atoms with Gasteiger partial charge in [0.2, 0.25) is 5.91 Å². The summed E-state index contributed by atoms with van der Waals surface area (Å²) >= 11 is 0. The van der Waals surface area contributed by atoms with E-state index in [1.807, 2.05) is 48.7 Å². The Balaban J connectivity index is 1.40. The molecule has 0 fully saturated rings. The van der Waals surface area contributed by atoms with E-state index in [4.69, 9.17) is 14.9 Å². The van der Waals surface area contributed by atoms with E-state index in [-0.39, 0.29) is 5.91 Å². The van der Waals surface area contributed by atoms with Crippen LogP contribution in [0, 0.1) is 0 Å². The molecular weight excluding hydrogens is 612 g/mol. The number of carbonyl (C=O) groups is 2. The van der Waals surface area contributed by atoms with Gasteiger partial charge in [-0.15, -0.1) is 10.2 Å². The highest BCUT2D eigenvalue weighted by molar-refractivity contribution is 5.90. The number of ether oxygens (including phenoxy) is 1. The summed E-state index contributed by atoms with van der Waals surface area (Å²) in [7, 11) is 0. The van der Waals surface area contributed by atoms with Crippen molar-refractivity contribution in [1.29, 1.82) is 0 Å². The van der Waals surface area contributed by atoms with Crippen LogP contribution in [0.4, 0.5) is 4.79 Å². The largest absolute Gasteiger partial charge is 0.444 e. The van der Waals surface area contributed by atoms with E-state index in [1.165, 1.54) is 5.56 Å². The summed E-state index contributed by atoms with van der Waals surface area (Å²) in [5.74, 6) is 1.10. The van der Waals surface area contributed by atoms with Gasteiger partial charge >= 0.3 is 6.09 Å². The number of hydrogen-bond acceptors (Lipinski definition) is 5. The first kappa shape index (κ1) is 33.5. The number of aryl methyl sites for hydroxylation is 2. The Morgan fingerprint density at radius 2 is 1.49 bits per heavy atom. The second kappa shape index (κ2) is 14.0. The first-order chi connectivity index (χ1) is 23.5. The minimum atomic E-state index is -1.28. The molecule has 0 spiro atoms. The highest BCUT2D eigenvalue weighted by atomic mass is 16.6. The van der Waals surface area contributed by atoms with Gasteiger partial charge < -0.3 is 24.9 Å². The highest BCUT2D eigenvalue weighted by Crippen LogP contribution is 2.27. The Morgan fingerprint density at radius 3 is 2.27 bits per heavy atom. The summed E-state index contributed by atoms with van der Waals surface area (Å²) in [6, 6.07) is 32.5. The Labute approximate surface area is 287 Å². The summed E-state index contributed by atoms with van der Waals surface area (Å²) in [5, 5.41) is 18.9. The SMILES string of the molecule is CC(C)(C)OC(=O)NC(C)(C)C(=O)N[C@H](Cc1c[nH]c2ccccc12)c1nnc(CCc2ccccc2)n1Cc1cccc2ccccc12. The summed E-state index contributed by atoms with van der Waals surface area (Å²) in [6.07, 6.45) is 3.23. The minimum Gasteiger partial charge on any atom is -0.444 e. The summed E-state index contributed by atoms with van der Waals surface area (Å²) in [5.41, 5.74) is 2.39. The van der Waals surface area contributed by atoms with Gasteiger partial charge in [0.1, 0.15) is 17.0 Å². The molecule has 2 heterocycles. The second-order valence-electron chi connectivity index (χ2n) is 14.0. The molecule has 0 bridgehead atoms. The fourth-order valence-electron chi connectivity index (χ4n) is 6.15. The molecule has 0 saturated heterocycles. The molecule has 3 N–H and O–H groups in total. The van der Waals surface area contributed by atoms with E-state index in [0.29, 0.717) is 25.2 Å². The van der Waals surface area contributed by atoms with Crippen LogP contribution < -0.4 is 10.6 Å². The Morgan fingerprint density at radius 1 is 0.796 bits per heavy atom. The van der Waals surface area contributed by atoms with Gasteiger partial charge in [0.15, 0.2) is 5.82 Å². The van der Waals surface area contributed by atoms with Crippen LogP contribution in [-0.2, 0) is 35.3 Å². The molecular formula is C40H44N6O3. The van der Waals surface area contributed by atoms with Crippen LogP contribution >= 0.6 is 0 Å². The number of rotatable bonds is 11. The fourth-order valence-corrected chi connectivity index (χ4v) is 6.15. The van der Waals surface area contributed by atoms with Gasteiger partial charge in [-0.1, -0.05) is 91.0 Å². The first-order valence-corrected chi connectivity index (χ1v) is 16.8. The molecule has 0 radical (unpaired) electrons. The molecule has 4 aromatic carbocycles. The van der Waals surface area contributed by atoms with Gasteiger partial charge in [-0.2, -0.15) is 0 Å². The molecule has 0 unspecified atom stereocenters. The summed E-state index contributed by atoms with van der Waals surface area (Å²) < 4.78 is 7.63. The average Bonchev–Trinajstić information content (AvgIpc) is 3.66. The van der Waals surface area contributed by atoms with Gasteiger partial charge in [-0.3, -0.25) is 4.79 Å². The molecule has 6 aromatic rings. The smallest absolute Gasteiger partial charge is 0.408 e. The van der Waals surface area contributed by atoms with E-state index >= 15 is 0 Å². The topological polar surface area (TPSA) is 114 Å². The first-order valence-electron chi connectivity index (χ1n) is 16.8. The van der Waals surface area contributed by atoms with Crippen LogP contribution in [0.2, 0.25) is 0 Å². The molecule has 6 rings (SSSR count). The van der Waals surface area contributed by atoms with Gasteiger partial charge in [-0.05, 0) is 74.6 Å². The lowest BCUT2D eigenvalue weighted by Gasteiger charge is -2.30. The number of amides is 2. The van der Waals surface area contributed by atoms with Crippen LogP contribution in [0.25, 0.3) is 21.7 Å². The van der Waals surface area contributed by atoms with E-state index in [1.54, 1.807) is 34.6 Å².